The van der Waals surface area contributed by atoms with Crippen LogP contribution in [0.1, 0.15) is 37.0 Å². The molecule has 0 aliphatic carbocycles. The van der Waals surface area contributed by atoms with Crippen molar-refractivity contribution in [3.05, 3.63) is 29.3 Å². The van der Waals surface area contributed by atoms with E-state index in [1.165, 1.54) is 7.11 Å². The molecule has 1 rings (SSSR count). The molecule has 0 heterocycles. The molecule has 0 aromatic heterocycles. The molecular weight excluding hydrogens is 304 g/mol. The van der Waals surface area contributed by atoms with Crippen LogP contribution < -0.4 is 4.74 Å². The van der Waals surface area contributed by atoms with E-state index in [1.54, 1.807) is 18.2 Å². The van der Waals surface area contributed by atoms with E-state index in [4.69, 9.17) is 9.84 Å². The molecule has 5 atom stereocenters. The topological polar surface area (TPSA) is 131 Å². The largest absolute Gasteiger partial charge is 0.496 e. The molecule has 0 aliphatic heterocycles. The van der Waals surface area contributed by atoms with Crippen LogP contribution in [0, 0.1) is 0 Å². The second kappa shape index (κ2) is 8.58. The Kier molecular flexibility index (Phi) is 7.40. The van der Waals surface area contributed by atoms with E-state index in [2.05, 4.69) is 0 Å². The van der Waals surface area contributed by atoms with E-state index in [0.717, 1.165) is 5.56 Å². The van der Waals surface area contributed by atoms with Crippen molar-refractivity contribution in [1.29, 1.82) is 0 Å². The zero-order valence-corrected chi connectivity index (χ0v) is 13.5. The molecule has 0 aliphatic rings. The van der Waals surface area contributed by atoms with Crippen molar-refractivity contribution in [1.82, 2.24) is 0 Å². The Morgan fingerprint density at radius 3 is 2.04 bits per heavy atom. The molecule has 23 heavy (non-hydrogen) atoms. The lowest BCUT2D eigenvalue weighted by Crippen LogP contribution is -2.47. The van der Waals surface area contributed by atoms with E-state index < -0.39 is 37.1 Å². The number of benzene rings is 1. The normalized spacial score (nSPS) is 18.3. The van der Waals surface area contributed by atoms with Gasteiger partial charge in [0.25, 0.3) is 0 Å². The Hall–Kier alpha value is -1.22. The van der Waals surface area contributed by atoms with Crippen molar-refractivity contribution < 1.29 is 35.4 Å². The third-order valence-electron chi connectivity index (χ3n) is 3.85. The molecule has 132 valence electrons. The van der Waals surface area contributed by atoms with Gasteiger partial charge in [-0.3, -0.25) is 0 Å². The maximum atomic E-state index is 10.3. The third-order valence-corrected chi connectivity index (χ3v) is 3.85. The highest BCUT2D eigenvalue weighted by molar-refractivity contribution is 5.40. The molecule has 6 N–H and O–H groups in total. The molecule has 0 saturated carbocycles. The standard InChI is InChI=1S/C16H26O7/c1-8(2)9-4-5-10(12(6-9)23-3)13(19)15(21)16(22)14(20)11(18)7-17/h4-6,8,11,13-22H,7H2,1-3H3/t11-,13?,14-,15+,16+/m1/s1. The van der Waals surface area contributed by atoms with Crippen LogP contribution in [0.2, 0.25) is 0 Å². The monoisotopic (exact) mass is 330 g/mol. The molecule has 1 unspecified atom stereocenters. The molecule has 0 fully saturated rings. The van der Waals surface area contributed by atoms with Crippen LogP contribution in [0.5, 0.6) is 5.75 Å². The van der Waals surface area contributed by atoms with Gasteiger partial charge in [0.1, 0.15) is 36.3 Å². The minimum Gasteiger partial charge on any atom is -0.496 e. The zero-order chi connectivity index (χ0) is 17.7. The summed E-state index contributed by atoms with van der Waals surface area (Å²) in [6.45, 7) is 3.21. The number of hydrogen-bond donors (Lipinski definition) is 6. The first kappa shape index (κ1) is 19.8. The van der Waals surface area contributed by atoms with Gasteiger partial charge in [0.2, 0.25) is 0 Å². The Morgan fingerprint density at radius 2 is 1.57 bits per heavy atom. The number of rotatable bonds is 8. The highest BCUT2D eigenvalue weighted by atomic mass is 16.5. The second-order valence-corrected chi connectivity index (χ2v) is 5.82. The van der Waals surface area contributed by atoms with Gasteiger partial charge in [0, 0.05) is 5.56 Å². The van der Waals surface area contributed by atoms with Crippen LogP contribution >= 0.6 is 0 Å². The summed E-state index contributed by atoms with van der Waals surface area (Å²) in [6.07, 6.45) is -8.59. The first-order valence-corrected chi connectivity index (χ1v) is 7.43. The van der Waals surface area contributed by atoms with Crippen LogP contribution in [-0.4, -0.2) is 68.8 Å². The van der Waals surface area contributed by atoms with Crippen LogP contribution in [0.3, 0.4) is 0 Å². The van der Waals surface area contributed by atoms with Crippen molar-refractivity contribution in [3.8, 4) is 5.75 Å². The first-order valence-electron chi connectivity index (χ1n) is 7.43. The smallest absolute Gasteiger partial charge is 0.125 e. The van der Waals surface area contributed by atoms with E-state index in [0.29, 0.717) is 5.75 Å². The molecule has 7 heteroatoms. The summed E-state index contributed by atoms with van der Waals surface area (Å²) in [6, 6.07) is 5.06. The fourth-order valence-corrected chi connectivity index (χ4v) is 2.24. The molecule has 7 nitrogen and oxygen atoms in total. The fourth-order valence-electron chi connectivity index (χ4n) is 2.24. The molecule has 0 saturated heterocycles. The maximum Gasteiger partial charge on any atom is 0.125 e. The molecule has 0 amide bonds. The third kappa shape index (κ3) is 4.63. The van der Waals surface area contributed by atoms with Gasteiger partial charge in [-0.15, -0.1) is 0 Å². The van der Waals surface area contributed by atoms with Crippen molar-refractivity contribution >= 4 is 0 Å². The van der Waals surface area contributed by atoms with Crippen molar-refractivity contribution in [2.75, 3.05) is 13.7 Å². The van der Waals surface area contributed by atoms with Gasteiger partial charge in [-0.05, 0) is 17.5 Å². The predicted molar refractivity (Wildman–Crippen MR) is 83.2 cm³/mol. The molecule has 1 aromatic rings. The number of aliphatic hydroxyl groups is 6. The minimum absolute atomic E-state index is 0.243. The summed E-state index contributed by atoms with van der Waals surface area (Å²) in [5, 5.41) is 57.9. The lowest BCUT2D eigenvalue weighted by atomic mass is 9.92. The molecule has 1 aromatic carbocycles. The molecule has 0 spiro atoms. The summed E-state index contributed by atoms with van der Waals surface area (Å²) < 4.78 is 5.21. The van der Waals surface area contributed by atoms with E-state index in [1.807, 2.05) is 13.8 Å². The van der Waals surface area contributed by atoms with E-state index >= 15 is 0 Å². The predicted octanol–water partition coefficient (Wildman–Crippen LogP) is -0.712. The average Bonchev–Trinajstić information content (AvgIpc) is 2.57. The van der Waals surface area contributed by atoms with Crippen LogP contribution in [0.15, 0.2) is 18.2 Å². The number of hydrogen-bond acceptors (Lipinski definition) is 7. The van der Waals surface area contributed by atoms with Gasteiger partial charge < -0.3 is 35.4 Å². The van der Waals surface area contributed by atoms with Crippen molar-refractivity contribution in [3.63, 3.8) is 0 Å². The quantitative estimate of drug-likeness (QED) is 0.371. The summed E-state index contributed by atoms with van der Waals surface area (Å²) in [5.74, 6) is 0.583. The first-order chi connectivity index (χ1) is 10.7. The summed E-state index contributed by atoms with van der Waals surface area (Å²) >= 11 is 0. The van der Waals surface area contributed by atoms with Crippen LogP contribution in [0.25, 0.3) is 0 Å². The molecular formula is C16H26O7. The highest BCUT2D eigenvalue weighted by Gasteiger charge is 2.35. The van der Waals surface area contributed by atoms with Gasteiger partial charge >= 0.3 is 0 Å². The Balaban J connectivity index is 3.01. The summed E-state index contributed by atoms with van der Waals surface area (Å²) in [4.78, 5) is 0. The van der Waals surface area contributed by atoms with Gasteiger partial charge in [0.05, 0.1) is 13.7 Å². The Bertz CT molecular complexity index is 491. The summed E-state index contributed by atoms with van der Waals surface area (Å²) in [7, 11) is 1.42. The van der Waals surface area contributed by atoms with E-state index in [-0.39, 0.29) is 11.5 Å². The average molecular weight is 330 g/mol. The van der Waals surface area contributed by atoms with Gasteiger partial charge in [-0.1, -0.05) is 26.0 Å². The second-order valence-electron chi connectivity index (χ2n) is 5.82. The number of methoxy groups -OCH3 is 1. The van der Waals surface area contributed by atoms with Crippen LogP contribution in [-0.2, 0) is 0 Å². The fraction of sp³-hybridized carbons (Fsp3) is 0.625. The number of ether oxygens (including phenoxy) is 1. The lowest BCUT2D eigenvalue weighted by Gasteiger charge is -2.29. The van der Waals surface area contributed by atoms with Crippen molar-refractivity contribution in [2.45, 2.75) is 50.3 Å². The molecule has 0 radical (unpaired) electrons. The Morgan fingerprint density at radius 1 is 0.957 bits per heavy atom. The van der Waals surface area contributed by atoms with Gasteiger partial charge in [-0.2, -0.15) is 0 Å². The van der Waals surface area contributed by atoms with E-state index in [9.17, 15) is 25.5 Å². The highest BCUT2D eigenvalue weighted by Crippen LogP contribution is 2.32. The SMILES string of the molecule is COc1cc(C(C)C)ccc1C(O)[C@H](O)[C@@H](O)[C@H](O)[C@H](O)CO. The van der Waals surface area contributed by atoms with Crippen LogP contribution in [0.4, 0.5) is 0 Å². The molecule has 0 bridgehead atoms. The van der Waals surface area contributed by atoms with Crippen molar-refractivity contribution in [2.24, 2.45) is 0 Å². The maximum absolute atomic E-state index is 10.3. The Labute approximate surface area is 135 Å². The summed E-state index contributed by atoms with van der Waals surface area (Å²) in [5.41, 5.74) is 1.22. The van der Waals surface area contributed by atoms with Gasteiger partial charge in [-0.25, -0.2) is 0 Å². The lowest BCUT2D eigenvalue weighted by molar-refractivity contribution is -0.141. The number of aliphatic hydroxyl groups excluding tert-OH is 6. The van der Waals surface area contributed by atoms with Gasteiger partial charge in [0.15, 0.2) is 0 Å². The minimum atomic E-state index is -1.85. The zero-order valence-electron chi connectivity index (χ0n) is 13.5.